The van der Waals surface area contributed by atoms with Gasteiger partial charge in [0.2, 0.25) is 0 Å². The second-order valence-electron chi connectivity index (χ2n) is 5.75. The van der Waals surface area contributed by atoms with E-state index < -0.39 is 0 Å². The lowest BCUT2D eigenvalue weighted by atomic mass is 9.76. The van der Waals surface area contributed by atoms with Crippen LogP contribution in [-0.2, 0) is 0 Å². The van der Waals surface area contributed by atoms with Gasteiger partial charge < -0.3 is 5.11 Å². The van der Waals surface area contributed by atoms with Crippen molar-refractivity contribution in [1.82, 2.24) is 0 Å². The molecule has 100 valence electrons. The van der Waals surface area contributed by atoms with Crippen molar-refractivity contribution in [1.29, 1.82) is 0 Å². The number of aliphatic hydroxyl groups is 1. The number of allylic oxidation sites excluding steroid dienone is 2. The van der Waals surface area contributed by atoms with Crippen molar-refractivity contribution in [3.8, 4) is 0 Å². The first-order valence-corrected chi connectivity index (χ1v) is 7.48. The quantitative estimate of drug-likeness (QED) is 0.850. The van der Waals surface area contributed by atoms with Gasteiger partial charge in [0.05, 0.1) is 6.61 Å². The van der Waals surface area contributed by atoms with E-state index in [9.17, 15) is 5.11 Å². The van der Waals surface area contributed by atoms with Crippen molar-refractivity contribution in [2.75, 3.05) is 6.61 Å². The van der Waals surface area contributed by atoms with Gasteiger partial charge in [-0.15, -0.1) is 0 Å². The molecule has 0 atom stereocenters. The second-order valence-corrected chi connectivity index (χ2v) is 5.75. The molecule has 1 N–H and O–H groups in total. The SMILES string of the molecule is OCC1=C(c2ccccc2)C/C1=C\C1CCCCC1. The van der Waals surface area contributed by atoms with Gasteiger partial charge in [-0.1, -0.05) is 55.7 Å². The first-order valence-electron chi connectivity index (χ1n) is 7.48. The van der Waals surface area contributed by atoms with Crippen LogP contribution in [0.3, 0.4) is 0 Å². The van der Waals surface area contributed by atoms with Crippen molar-refractivity contribution in [3.63, 3.8) is 0 Å². The first-order chi connectivity index (χ1) is 9.38. The van der Waals surface area contributed by atoms with Gasteiger partial charge in [0.1, 0.15) is 0 Å². The van der Waals surface area contributed by atoms with Crippen LogP contribution >= 0.6 is 0 Å². The van der Waals surface area contributed by atoms with E-state index in [2.05, 4.69) is 30.3 Å². The fraction of sp³-hybridized carbons (Fsp3) is 0.444. The molecule has 0 amide bonds. The summed E-state index contributed by atoms with van der Waals surface area (Å²) >= 11 is 0. The highest BCUT2D eigenvalue weighted by atomic mass is 16.3. The predicted octanol–water partition coefficient (Wildman–Crippen LogP) is 4.34. The van der Waals surface area contributed by atoms with E-state index in [0.717, 1.165) is 12.3 Å². The Morgan fingerprint density at radius 2 is 1.79 bits per heavy atom. The minimum absolute atomic E-state index is 0.183. The lowest BCUT2D eigenvalue weighted by molar-refractivity contribution is 0.330. The summed E-state index contributed by atoms with van der Waals surface area (Å²) in [4.78, 5) is 0. The molecule has 1 fully saturated rings. The minimum atomic E-state index is 0.183. The summed E-state index contributed by atoms with van der Waals surface area (Å²) in [5.41, 5.74) is 5.18. The van der Waals surface area contributed by atoms with Crippen molar-refractivity contribution >= 4 is 5.57 Å². The van der Waals surface area contributed by atoms with E-state index in [4.69, 9.17) is 0 Å². The summed E-state index contributed by atoms with van der Waals surface area (Å²) in [7, 11) is 0. The van der Waals surface area contributed by atoms with Crippen molar-refractivity contribution in [3.05, 3.63) is 53.1 Å². The Morgan fingerprint density at radius 3 is 2.47 bits per heavy atom. The maximum Gasteiger partial charge on any atom is 0.0687 e. The zero-order valence-electron chi connectivity index (χ0n) is 11.4. The minimum Gasteiger partial charge on any atom is -0.392 e. The van der Waals surface area contributed by atoms with Gasteiger partial charge in [-0.05, 0) is 47.5 Å². The molecular formula is C18H22O. The molecule has 0 bridgehead atoms. The van der Waals surface area contributed by atoms with Crippen molar-refractivity contribution < 1.29 is 5.11 Å². The van der Waals surface area contributed by atoms with Gasteiger partial charge in [-0.25, -0.2) is 0 Å². The zero-order chi connectivity index (χ0) is 13.1. The topological polar surface area (TPSA) is 20.2 Å². The molecule has 2 aliphatic carbocycles. The number of rotatable bonds is 3. The summed E-state index contributed by atoms with van der Waals surface area (Å²) in [5.74, 6) is 0.752. The summed E-state index contributed by atoms with van der Waals surface area (Å²) in [6.45, 7) is 0.183. The molecule has 2 aliphatic rings. The highest BCUT2D eigenvalue weighted by Gasteiger charge is 2.24. The third-order valence-electron chi connectivity index (χ3n) is 4.49. The van der Waals surface area contributed by atoms with Gasteiger partial charge in [0.15, 0.2) is 0 Å². The Hall–Kier alpha value is -1.34. The molecule has 0 aromatic heterocycles. The van der Waals surface area contributed by atoms with Crippen LogP contribution in [0.15, 0.2) is 47.6 Å². The van der Waals surface area contributed by atoms with Crippen LogP contribution in [0.5, 0.6) is 0 Å². The van der Waals surface area contributed by atoms with E-state index in [-0.39, 0.29) is 6.61 Å². The van der Waals surface area contributed by atoms with E-state index >= 15 is 0 Å². The maximum absolute atomic E-state index is 9.62. The fourth-order valence-electron chi connectivity index (χ4n) is 3.35. The average molecular weight is 254 g/mol. The predicted molar refractivity (Wildman–Crippen MR) is 79.7 cm³/mol. The lowest BCUT2D eigenvalue weighted by Crippen LogP contribution is -2.14. The average Bonchev–Trinajstić information content (AvgIpc) is 2.45. The fourth-order valence-corrected chi connectivity index (χ4v) is 3.35. The van der Waals surface area contributed by atoms with Gasteiger partial charge in [0.25, 0.3) is 0 Å². The molecule has 1 nitrogen and oxygen atoms in total. The Balaban J connectivity index is 1.80. The Bertz CT molecular complexity index is 490. The Kier molecular flexibility index (Phi) is 3.84. The van der Waals surface area contributed by atoms with Crippen molar-refractivity contribution in [2.24, 2.45) is 5.92 Å². The standard InChI is InChI=1S/C18H22O/c19-13-18-16(11-14-7-3-1-4-8-14)12-17(18)15-9-5-2-6-10-15/h2,5-6,9-11,14,19H,1,3-4,7-8,12-13H2/b16-11+. The van der Waals surface area contributed by atoms with Crippen LogP contribution in [-0.4, -0.2) is 11.7 Å². The zero-order valence-corrected chi connectivity index (χ0v) is 11.4. The molecule has 1 aromatic rings. The molecule has 0 aliphatic heterocycles. The van der Waals surface area contributed by atoms with Crippen LogP contribution < -0.4 is 0 Å². The molecule has 1 saturated carbocycles. The summed E-state index contributed by atoms with van der Waals surface area (Å²) in [6, 6.07) is 10.5. The lowest BCUT2D eigenvalue weighted by Gasteiger charge is -2.29. The van der Waals surface area contributed by atoms with Crippen LogP contribution in [0, 0.1) is 5.92 Å². The molecule has 0 saturated heterocycles. The second kappa shape index (κ2) is 5.75. The molecule has 0 heterocycles. The van der Waals surface area contributed by atoms with Gasteiger partial charge >= 0.3 is 0 Å². The molecule has 19 heavy (non-hydrogen) atoms. The molecule has 1 aromatic carbocycles. The highest BCUT2D eigenvalue weighted by Crippen LogP contribution is 2.42. The number of hydrogen-bond donors (Lipinski definition) is 1. The number of aliphatic hydroxyl groups excluding tert-OH is 1. The highest BCUT2D eigenvalue weighted by molar-refractivity contribution is 5.82. The molecule has 0 radical (unpaired) electrons. The van der Waals surface area contributed by atoms with E-state index in [0.29, 0.717) is 0 Å². The Labute approximate surface area is 115 Å². The molecule has 1 heteroatoms. The summed E-state index contributed by atoms with van der Waals surface area (Å²) in [5, 5.41) is 9.62. The normalized spacial score (nSPS) is 22.7. The maximum atomic E-state index is 9.62. The largest absolute Gasteiger partial charge is 0.392 e. The first kappa shape index (κ1) is 12.7. The van der Waals surface area contributed by atoms with Crippen LogP contribution in [0.4, 0.5) is 0 Å². The summed E-state index contributed by atoms with van der Waals surface area (Å²) in [6.07, 6.45) is 10.3. The molecular weight excluding hydrogens is 232 g/mol. The van der Waals surface area contributed by atoms with Crippen LogP contribution in [0.2, 0.25) is 0 Å². The van der Waals surface area contributed by atoms with Crippen LogP contribution in [0.25, 0.3) is 5.57 Å². The smallest absolute Gasteiger partial charge is 0.0687 e. The van der Waals surface area contributed by atoms with Gasteiger partial charge in [-0.3, -0.25) is 0 Å². The molecule has 0 unspecified atom stereocenters. The van der Waals surface area contributed by atoms with Gasteiger partial charge in [-0.2, -0.15) is 0 Å². The van der Waals surface area contributed by atoms with E-state index in [1.165, 1.54) is 54.4 Å². The van der Waals surface area contributed by atoms with Gasteiger partial charge in [0, 0.05) is 0 Å². The Morgan fingerprint density at radius 1 is 1.05 bits per heavy atom. The van der Waals surface area contributed by atoms with Crippen molar-refractivity contribution in [2.45, 2.75) is 38.5 Å². The third kappa shape index (κ3) is 2.66. The van der Waals surface area contributed by atoms with E-state index in [1.807, 2.05) is 6.07 Å². The van der Waals surface area contributed by atoms with Crippen LogP contribution in [0.1, 0.15) is 44.1 Å². The summed E-state index contributed by atoms with van der Waals surface area (Å²) < 4.78 is 0. The number of benzene rings is 1. The third-order valence-corrected chi connectivity index (χ3v) is 4.49. The van der Waals surface area contributed by atoms with E-state index in [1.54, 1.807) is 0 Å². The molecule has 3 rings (SSSR count). The monoisotopic (exact) mass is 254 g/mol. The molecule has 0 spiro atoms. The number of hydrogen-bond acceptors (Lipinski definition) is 1.